The van der Waals surface area contributed by atoms with Crippen LogP contribution in [0.5, 0.6) is 0 Å². The van der Waals surface area contributed by atoms with Crippen LogP contribution >= 0.6 is 34.2 Å². The molecule has 0 spiro atoms. The van der Waals surface area contributed by atoms with Crippen molar-refractivity contribution in [2.24, 2.45) is 0 Å². The number of rotatable bonds is 7. The van der Waals surface area contributed by atoms with Crippen LogP contribution in [0.4, 0.5) is 10.5 Å². The van der Waals surface area contributed by atoms with Gasteiger partial charge in [-0.15, -0.1) is 22.7 Å². The Balaban J connectivity index is 1.31. The fourth-order valence-electron chi connectivity index (χ4n) is 3.86. The van der Waals surface area contributed by atoms with Crippen molar-refractivity contribution >= 4 is 61.4 Å². The molecule has 5 rings (SSSR count). The third-order valence-electron chi connectivity index (χ3n) is 5.76. The summed E-state index contributed by atoms with van der Waals surface area (Å²) < 4.78 is 17.3. The second-order valence-corrected chi connectivity index (χ2v) is 11.2. The van der Waals surface area contributed by atoms with Crippen LogP contribution in [-0.2, 0) is 9.47 Å². The van der Waals surface area contributed by atoms with Gasteiger partial charge >= 0.3 is 12.1 Å². The van der Waals surface area contributed by atoms with Crippen LogP contribution in [-0.4, -0.2) is 23.0 Å². The van der Waals surface area contributed by atoms with Gasteiger partial charge in [-0.1, -0.05) is 54.6 Å². The third-order valence-corrected chi connectivity index (χ3v) is 9.07. The van der Waals surface area contributed by atoms with Gasteiger partial charge in [0.25, 0.3) is 0 Å². The lowest BCUT2D eigenvalue weighted by molar-refractivity contribution is 0.0532. The monoisotopic (exact) mass is 548 g/mol. The van der Waals surface area contributed by atoms with Crippen LogP contribution in [0.3, 0.4) is 0 Å². The average Bonchev–Trinajstić information content (AvgIpc) is 3.59. The second-order valence-electron chi connectivity index (χ2n) is 8.30. The summed E-state index contributed by atoms with van der Waals surface area (Å²) in [5, 5.41) is 2.89. The number of benzene rings is 2. The molecule has 0 saturated heterocycles. The number of ether oxygens (including phenoxy) is 2. The minimum atomic E-state index is -0.515. The number of hydrogen-bond acceptors (Lipinski definition) is 8. The van der Waals surface area contributed by atoms with Crippen LogP contribution in [0, 0.1) is 6.92 Å². The Morgan fingerprint density at radius 3 is 2.38 bits per heavy atom. The van der Waals surface area contributed by atoms with Crippen molar-refractivity contribution in [2.75, 3.05) is 11.9 Å². The van der Waals surface area contributed by atoms with E-state index in [2.05, 4.69) is 27.9 Å². The number of aromatic nitrogens is 1. The lowest BCUT2D eigenvalue weighted by Crippen LogP contribution is -2.16. The molecule has 0 aliphatic rings. The van der Waals surface area contributed by atoms with Crippen molar-refractivity contribution in [3.8, 4) is 20.9 Å². The molecule has 1 N–H and O–H groups in total. The van der Waals surface area contributed by atoms with E-state index in [4.69, 9.17) is 9.47 Å². The summed E-state index contributed by atoms with van der Waals surface area (Å²) in [4.78, 5) is 27.3. The molecule has 0 aliphatic heterocycles. The maximum atomic E-state index is 12.6. The van der Waals surface area contributed by atoms with Crippen molar-refractivity contribution < 1.29 is 19.1 Å². The Hall–Kier alpha value is -3.53. The van der Waals surface area contributed by atoms with E-state index in [0.29, 0.717) is 17.2 Å². The topological polar surface area (TPSA) is 77.5 Å². The first-order valence-electron chi connectivity index (χ1n) is 11.7. The van der Waals surface area contributed by atoms with Crippen LogP contribution in [0.25, 0.3) is 30.3 Å². The van der Waals surface area contributed by atoms with Gasteiger partial charge in [-0.25, -0.2) is 9.59 Å². The first-order valence-corrected chi connectivity index (χ1v) is 14.1. The number of nitrogens with zero attached hydrogens (tertiary/aromatic N) is 1. The highest BCUT2D eigenvalue weighted by atomic mass is 32.1. The summed E-state index contributed by atoms with van der Waals surface area (Å²) in [6, 6.07) is 21.8. The smallest absolute Gasteiger partial charge is 0.412 e. The highest BCUT2D eigenvalue weighted by Crippen LogP contribution is 2.40. The minimum Gasteiger partial charge on any atom is -0.462 e. The fraction of sp³-hybridized carbons (Fsp3) is 0.179. The van der Waals surface area contributed by atoms with Crippen molar-refractivity contribution in [3.63, 3.8) is 0 Å². The fourth-order valence-corrected chi connectivity index (χ4v) is 7.01. The van der Waals surface area contributed by atoms with Crippen LogP contribution in [0.1, 0.15) is 40.9 Å². The number of aryl methyl sites for hydroxylation is 1. The zero-order valence-corrected chi connectivity index (χ0v) is 22.9. The molecule has 5 aromatic rings. The Morgan fingerprint density at radius 1 is 0.973 bits per heavy atom. The molecular weight excluding hydrogens is 525 g/mol. The molecule has 0 saturated carbocycles. The molecule has 3 aromatic heterocycles. The molecule has 0 aliphatic carbocycles. The highest BCUT2D eigenvalue weighted by Gasteiger charge is 2.19. The predicted octanol–water partition coefficient (Wildman–Crippen LogP) is 8.55. The Morgan fingerprint density at radius 2 is 1.68 bits per heavy atom. The molecule has 3 heterocycles. The van der Waals surface area contributed by atoms with Gasteiger partial charge in [0.05, 0.1) is 22.9 Å². The van der Waals surface area contributed by atoms with Gasteiger partial charge in [0.15, 0.2) is 0 Å². The van der Waals surface area contributed by atoms with E-state index in [1.165, 1.54) is 22.9 Å². The van der Waals surface area contributed by atoms with Crippen LogP contribution < -0.4 is 5.32 Å². The highest BCUT2D eigenvalue weighted by molar-refractivity contribution is 7.30. The van der Waals surface area contributed by atoms with Crippen molar-refractivity contribution in [1.82, 2.24) is 4.37 Å². The number of carbonyl (C=O) groups excluding carboxylic acids is 2. The molecule has 2 aromatic carbocycles. The molecule has 1 atom stereocenters. The summed E-state index contributed by atoms with van der Waals surface area (Å²) in [5.41, 5.74) is 4.38. The summed E-state index contributed by atoms with van der Waals surface area (Å²) in [6.45, 7) is 5.89. The summed E-state index contributed by atoms with van der Waals surface area (Å²) in [7, 11) is 0. The molecular formula is C28H24N2O4S3. The lowest BCUT2D eigenvalue weighted by Gasteiger charge is -2.14. The zero-order chi connectivity index (χ0) is 25.9. The molecule has 1 unspecified atom stereocenters. The van der Waals surface area contributed by atoms with E-state index in [1.807, 2.05) is 62.4 Å². The Labute approximate surface area is 226 Å². The molecule has 0 fully saturated rings. The first-order chi connectivity index (χ1) is 17.9. The van der Waals surface area contributed by atoms with Gasteiger partial charge in [-0.05, 0) is 61.1 Å². The average molecular weight is 549 g/mol. The molecule has 6 nitrogen and oxygen atoms in total. The normalized spacial score (nSPS) is 11.9. The van der Waals surface area contributed by atoms with Crippen LogP contribution in [0.2, 0.25) is 0 Å². The second kappa shape index (κ2) is 10.8. The van der Waals surface area contributed by atoms with E-state index in [9.17, 15) is 9.59 Å². The van der Waals surface area contributed by atoms with Crippen molar-refractivity contribution in [1.29, 1.82) is 0 Å². The Kier molecular flexibility index (Phi) is 7.36. The molecule has 9 heteroatoms. The van der Waals surface area contributed by atoms with E-state index >= 15 is 0 Å². The van der Waals surface area contributed by atoms with E-state index in [-0.39, 0.29) is 12.1 Å². The summed E-state index contributed by atoms with van der Waals surface area (Å²) >= 11 is 4.44. The summed E-state index contributed by atoms with van der Waals surface area (Å²) in [5.74, 6) is -0.274. The van der Waals surface area contributed by atoms with E-state index in [1.54, 1.807) is 18.3 Å². The molecule has 0 bridgehead atoms. The number of nitrogens with one attached hydrogen (secondary N) is 1. The number of anilines is 1. The number of esters is 1. The van der Waals surface area contributed by atoms with E-state index in [0.717, 1.165) is 41.5 Å². The molecule has 188 valence electrons. The minimum absolute atomic E-state index is 0.274. The lowest BCUT2D eigenvalue weighted by atomic mass is 10.1. The van der Waals surface area contributed by atoms with Gasteiger partial charge < -0.3 is 9.47 Å². The van der Waals surface area contributed by atoms with Gasteiger partial charge in [-0.3, -0.25) is 5.32 Å². The maximum Gasteiger partial charge on any atom is 0.412 e. The molecule has 0 radical (unpaired) electrons. The predicted molar refractivity (Wildman–Crippen MR) is 152 cm³/mol. The number of thiophene rings is 2. The zero-order valence-electron chi connectivity index (χ0n) is 20.4. The standard InChI is InChI=1S/C28H24N2O4S3/c1-4-33-27(31)24-15-23-22(36-24)14-21(35-23)19-10-12-20(13-11-19)26-25(16(2)30-37-26)29-28(32)34-17(3)18-8-6-5-7-9-18/h5-15,17H,4H2,1-3H3,(H,29,32). The number of hydrogen-bond donors (Lipinski definition) is 1. The third kappa shape index (κ3) is 5.44. The number of carbonyl (C=O) groups is 2. The Bertz CT molecular complexity index is 1520. The summed E-state index contributed by atoms with van der Waals surface area (Å²) in [6.07, 6.45) is -0.886. The number of fused-ring (bicyclic) bond motifs is 1. The van der Waals surface area contributed by atoms with Crippen molar-refractivity contribution in [3.05, 3.63) is 82.9 Å². The number of amides is 1. The van der Waals surface area contributed by atoms with Gasteiger partial charge in [-0.2, -0.15) is 4.37 Å². The maximum absolute atomic E-state index is 12.6. The van der Waals surface area contributed by atoms with Gasteiger partial charge in [0.1, 0.15) is 11.0 Å². The van der Waals surface area contributed by atoms with E-state index < -0.39 is 6.09 Å². The first kappa shape index (κ1) is 25.1. The van der Waals surface area contributed by atoms with Crippen LogP contribution in [0.15, 0.2) is 66.7 Å². The quantitative estimate of drug-likeness (QED) is 0.206. The van der Waals surface area contributed by atoms with Gasteiger partial charge in [0, 0.05) is 14.3 Å². The SMILES string of the molecule is CCOC(=O)c1cc2sc(-c3ccc(-c4snc(C)c4NC(=O)OC(C)c4ccccc4)cc3)cc2s1. The largest absolute Gasteiger partial charge is 0.462 e. The molecule has 37 heavy (non-hydrogen) atoms. The van der Waals surface area contributed by atoms with Gasteiger partial charge in [0.2, 0.25) is 0 Å². The molecule has 1 amide bonds. The van der Waals surface area contributed by atoms with Crippen molar-refractivity contribution in [2.45, 2.75) is 26.9 Å².